The number of fused-ring (bicyclic) bond motifs is 1. The van der Waals surface area contributed by atoms with Gasteiger partial charge in [-0.25, -0.2) is 8.42 Å². The molecule has 0 bridgehead atoms. The van der Waals surface area contributed by atoms with E-state index in [9.17, 15) is 18.0 Å². The van der Waals surface area contributed by atoms with E-state index in [4.69, 9.17) is 0 Å². The van der Waals surface area contributed by atoms with Crippen molar-refractivity contribution in [2.45, 2.75) is 6.54 Å². The first-order valence-corrected chi connectivity index (χ1v) is 9.68. The lowest BCUT2D eigenvalue weighted by molar-refractivity contribution is -0.114. The van der Waals surface area contributed by atoms with Gasteiger partial charge < -0.3 is 5.32 Å². The van der Waals surface area contributed by atoms with E-state index in [0.717, 1.165) is 11.8 Å². The molecule has 3 rings (SSSR count). The summed E-state index contributed by atoms with van der Waals surface area (Å²) in [6.07, 6.45) is 2.61. The third kappa shape index (κ3) is 3.92. The molecule has 1 aliphatic heterocycles. The van der Waals surface area contributed by atoms with Crippen molar-refractivity contribution in [1.29, 1.82) is 0 Å². The Labute approximate surface area is 151 Å². The highest BCUT2D eigenvalue weighted by Gasteiger charge is 2.26. The van der Waals surface area contributed by atoms with Gasteiger partial charge >= 0.3 is 0 Å². The lowest BCUT2D eigenvalue weighted by Crippen LogP contribution is -2.36. The SMILES string of the molecule is CS(=O)(=O)Nc1ccccc1CN/C=C1\C(=O)NC(=O)c2ccccc21. The average molecular weight is 371 g/mol. The maximum atomic E-state index is 12.1. The molecule has 0 atom stereocenters. The summed E-state index contributed by atoms with van der Waals surface area (Å²) in [5.74, 6) is -0.908. The van der Waals surface area contributed by atoms with Crippen LogP contribution in [0.3, 0.4) is 0 Å². The fourth-order valence-electron chi connectivity index (χ4n) is 2.66. The van der Waals surface area contributed by atoms with Gasteiger partial charge in [0.1, 0.15) is 0 Å². The Balaban J connectivity index is 1.83. The molecule has 0 spiro atoms. The van der Waals surface area contributed by atoms with E-state index in [1.165, 1.54) is 6.20 Å². The molecular formula is C18H17N3O4S. The molecule has 0 saturated carbocycles. The van der Waals surface area contributed by atoms with Crippen LogP contribution in [0.15, 0.2) is 54.7 Å². The van der Waals surface area contributed by atoms with E-state index >= 15 is 0 Å². The van der Waals surface area contributed by atoms with Gasteiger partial charge in [0.25, 0.3) is 11.8 Å². The number of rotatable bonds is 5. The minimum atomic E-state index is -3.39. The molecule has 2 aromatic carbocycles. The fraction of sp³-hybridized carbons (Fsp3) is 0.111. The maximum absolute atomic E-state index is 12.1. The molecule has 0 radical (unpaired) electrons. The van der Waals surface area contributed by atoms with Crippen LogP contribution in [0.1, 0.15) is 21.5 Å². The highest BCUT2D eigenvalue weighted by molar-refractivity contribution is 7.92. The van der Waals surface area contributed by atoms with Crippen LogP contribution in [0.5, 0.6) is 0 Å². The molecule has 0 fully saturated rings. The lowest BCUT2D eigenvalue weighted by Gasteiger charge is -2.18. The predicted molar refractivity (Wildman–Crippen MR) is 98.6 cm³/mol. The predicted octanol–water partition coefficient (Wildman–Crippen LogP) is 1.46. The van der Waals surface area contributed by atoms with Crippen LogP contribution in [0, 0.1) is 0 Å². The summed E-state index contributed by atoms with van der Waals surface area (Å²) in [5, 5.41) is 5.31. The Bertz CT molecular complexity index is 1010. The van der Waals surface area contributed by atoms with Crippen LogP contribution in [0.4, 0.5) is 5.69 Å². The number of carbonyl (C=O) groups excluding carboxylic acids is 2. The van der Waals surface area contributed by atoms with Crippen LogP contribution < -0.4 is 15.4 Å². The molecule has 3 N–H and O–H groups in total. The molecule has 0 unspecified atom stereocenters. The van der Waals surface area contributed by atoms with Gasteiger partial charge in [0, 0.05) is 23.9 Å². The van der Waals surface area contributed by atoms with Gasteiger partial charge in [-0.2, -0.15) is 0 Å². The second-order valence-electron chi connectivity index (χ2n) is 5.80. The number of hydrogen-bond donors (Lipinski definition) is 3. The number of imide groups is 1. The topological polar surface area (TPSA) is 104 Å². The quantitative estimate of drug-likeness (QED) is 0.545. The minimum Gasteiger partial charge on any atom is -0.386 e. The molecular weight excluding hydrogens is 354 g/mol. The lowest BCUT2D eigenvalue weighted by atomic mass is 9.96. The Kier molecular flexibility index (Phi) is 4.77. The van der Waals surface area contributed by atoms with Crippen LogP contribution in [-0.4, -0.2) is 26.5 Å². The first kappa shape index (κ1) is 17.7. The monoisotopic (exact) mass is 371 g/mol. The van der Waals surface area contributed by atoms with E-state index in [0.29, 0.717) is 28.9 Å². The van der Waals surface area contributed by atoms with Crippen molar-refractivity contribution in [3.63, 3.8) is 0 Å². The largest absolute Gasteiger partial charge is 0.386 e. The normalized spacial score (nSPS) is 15.3. The van der Waals surface area contributed by atoms with Crippen molar-refractivity contribution in [1.82, 2.24) is 10.6 Å². The summed E-state index contributed by atoms with van der Waals surface area (Å²) in [6.45, 7) is 0.297. The molecule has 0 saturated heterocycles. The number of hydrogen-bond acceptors (Lipinski definition) is 5. The van der Waals surface area contributed by atoms with Gasteiger partial charge in [-0.15, -0.1) is 0 Å². The zero-order chi connectivity index (χ0) is 18.7. The highest BCUT2D eigenvalue weighted by Crippen LogP contribution is 2.23. The van der Waals surface area contributed by atoms with Crippen LogP contribution >= 0.6 is 0 Å². The third-order valence-corrected chi connectivity index (χ3v) is 4.38. The van der Waals surface area contributed by atoms with E-state index in [2.05, 4.69) is 15.4 Å². The molecule has 7 nitrogen and oxygen atoms in total. The standard InChI is InChI=1S/C18H17N3O4S/c1-26(24,25)21-16-9-5-2-6-12(16)10-19-11-15-13-7-3-4-8-14(13)17(22)20-18(15)23/h2-9,11,19,21H,10H2,1H3,(H,20,22,23)/b15-11-. The molecule has 2 aromatic rings. The molecule has 1 aliphatic rings. The number of carbonyl (C=O) groups is 2. The Hall–Kier alpha value is -3.13. The fourth-order valence-corrected chi connectivity index (χ4v) is 3.25. The summed E-state index contributed by atoms with van der Waals surface area (Å²) in [6, 6.07) is 13.8. The van der Waals surface area contributed by atoms with Crippen molar-refractivity contribution in [2.75, 3.05) is 11.0 Å². The van der Waals surface area contributed by atoms with Crippen LogP contribution in [0.2, 0.25) is 0 Å². The van der Waals surface area contributed by atoms with Crippen LogP contribution in [0.25, 0.3) is 5.57 Å². The highest BCUT2D eigenvalue weighted by atomic mass is 32.2. The number of nitrogens with one attached hydrogen (secondary N) is 3. The van der Waals surface area contributed by atoms with Gasteiger partial charge in [-0.1, -0.05) is 36.4 Å². The summed E-state index contributed by atoms with van der Waals surface area (Å²) in [4.78, 5) is 24.0. The summed E-state index contributed by atoms with van der Waals surface area (Å²) >= 11 is 0. The molecule has 2 amide bonds. The van der Waals surface area contributed by atoms with E-state index in [-0.39, 0.29) is 0 Å². The molecule has 8 heteroatoms. The summed E-state index contributed by atoms with van der Waals surface area (Å²) in [7, 11) is -3.39. The maximum Gasteiger partial charge on any atom is 0.260 e. The van der Waals surface area contributed by atoms with Gasteiger partial charge in [-0.05, 0) is 17.7 Å². The molecule has 1 heterocycles. The first-order valence-electron chi connectivity index (χ1n) is 7.79. The molecule has 26 heavy (non-hydrogen) atoms. The Morgan fingerprint density at radius 2 is 1.62 bits per heavy atom. The smallest absolute Gasteiger partial charge is 0.260 e. The van der Waals surface area contributed by atoms with E-state index in [1.807, 2.05) is 0 Å². The number of benzene rings is 2. The van der Waals surface area contributed by atoms with Crippen molar-refractivity contribution in [3.05, 3.63) is 71.4 Å². The Morgan fingerprint density at radius 1 is 0.962 bits per heavy atom. The van der Waals surface area contributed by atoms with Gasteiger partial charge in [0.2, 0.25) is 10.0 Å². The number of para-hydroxylation sites is 1. The van der Waals surface area contributed by atoms with Gasteiger partial charge in [0.05, 0.1) is 17.5 Å². The summed E-state index contributed by atoms with van der Waals surface area (Å²) in [5.41, 5.74) is 2.50. The van der Waals surface area contributed by atoms with Crippen molar-refractivity contribution in [3.8, 4) is 0 Å². The van der Waals surface area contributed by atoms with Crippen molar-refractivity contribution < 1.29 is 18.0 Å². The molecule has 134 valence electrons. The second-order valence-corrected chi connectivity index (χ2v) is 7.55. The van der Waals surface area contributed by atoms with Gasteiger partial charge in [0.15, 0.2) is 0 Å². The zero-order valence-corrected chi connectivity index (χ0v) is 14.8. The molecule has 0 aromatic heterocycles. The zero-order valence-electron chi connectivity index (χ0n) is 13.9. The number of amides is 2. The molecule has 0 aliphatic carbocycles. The average Bonchev–Trinajstić information content (AvgIpc) is 2.58. The van der Waals surface area contributed by atoms with Gasteiger partial charge in [-0.3, -0.25) is 19.6 Å². The van der Waals surface area contributed by atoms with E-state index < -0.39 is 21.8 Å². The van der Waals surface area contributed by atoms with E-state index in [1.54, 1.807) is 48.5 Å². The number of sulfonamides is 1. The van der Waals surface area contributed by atoms with Crippen LogP contribution in [-0.2, 0) is 21.4 Å². The Morgan fingerprint density at radius 3 is 2.35 bits per heavy atom. The summed E-state index contributed by atoms with van der Waals surface area (Å²) < 4.78 is 25.4. The second kappa shape index (κ2) is 7.01. The van der Waals surface area contributed by atoms with Crippen molar-refractivity contribution in [2.24, 2.45) is 0 Å². The number of anilines is 1. The van der Waals surface area contributed by atoms with Crippen molar-refractivity contribution >= 4 is 33.1 Å². The third-order valence-electron chi connectivity index (χ3n) is 3.79. The first-order chi connectivity index (χ1) is 12.3. The minimum absolute atomic E-state index is 0.297.